The molecule has 0 spiro atoms. The summed E-state index contributed by atoms with van der Waals surface area (Å²) in [5.74, 6) is -0.0339. The second-order valence-electron chi connectivity index (χ2n) is 10.7. The van der Waals surface area contributed by atoms with E-state index in [0.717, 1.165) is 66.4 Å². The van der Waals surface area contributed by atoms with Crippen molar-refractivity contribution in [3.63, 3.8) is 0 Å². The Morgan fingerprint density at radius 1 is 1.08 bits per heavy atom. The number of Topliss-reactive ketones (excluding diaryl/α,β-unsaturated/α-hetero) is 1. The third-order valence-corrected chi connectivity index (χ3v) is 7.52. The lowest BCUT2D eigenvalue weighted by molar-refractivity contribution is 0.0365. The van der Waals surface area contributed by atoms with E-state index in [1.165, 1.54) is 0 Å². The molecule has 1 aliphatic heterocycles. The number of benzene rings is 2. The van der Waals surface area contributed by atoms with Crippen LogP contribution in [-0.4, -0.2) is 64.8 Å². The molecule has 2 aromatic carbocycles. The number of morpholine rings is 1. The van der Waals surface area contributed by atoms with Crippen molar-refractivity contribution in [3.8, 4) is 10.4 Å². The van der Waals surface area contributed by atoms with E-state index in [2.05, 4.69) is 19.8 Å². The number of hydrogen-bond acceptors (Lipinski definition) is 7. The van der Waals surface area contributed by atoms with Crippen LogP contribution >= 0.6 is 11.3 Å². The van der Waals surface area contributed by atoms with Crippen LogP contribution in [0.5, 0.6) is 0 Å². The highest BCUT2D eigenvalue weighted by molar-refractivity contribution is 7.13. The van der Waals surface area contributed by atoms with Crippen molar-refractivity contribution in [1.82, 2.24) is 14.5 Å². The molecule has 0 aliphatic carbocycles. The number of rotatable bonds is 8. The van der Waals surface area contributed by atoms with Crippen molar-refractivity contribution in [1.29, 1.82) is 0 Å². The molecule has 9 heteroatoms. The van der Waals surface area contributed by atoms with E-state index in [0.29, 0.717) is 11.3 Å². The highest BCUT2D eigenvalue weighted by Gasteiger charge is 2.19. The Hall–Kier alpha value is -3.53. The van der Waals surface area contributed by atoms with E-state index in [1.807, 2.05) is 81.0 Å². The molecule has 1 amide bonds. The molecular formula is C30H34N4O4S. The minimum atomic E-state index is -0.628. The monoisotopic (exact) mass is 546 g/mol. The van der Waals surface area contributed by atoms with Crippen LogP contribution in [-0.2, 0) is 22.4 Å². The molecule has 3 heterocycles. The van der Waals surface area contributed by atoms with Gasteiger partial charge in [-0.3, -0.25) is 15.0 Å². The molecule has 0 atom stereocenters. The second kappa shape index (κ2) is 11.7. The smallest absolute Gasteiger partial charge is 0.412 e. The number of fused-ring (bicyclic) bond motifs is 1. The van der Waals surface area contributed by atoms with Gasteiger partial charge in [-0.15, -0.1) is 11.3 Å². The summed E-state index contributed by atoms with van der Waals surface area (Å²) in [6.45, 7) is 10.5. The van der Waals surface area contributed by atoms with Gasteiger partial charge in [-0.05, 0) is 73.7 Å². The van der Waals surface area contributed by atoms with Crippen LogP contribution in [0.25, 0.3) is 21.5 Å². The Balaban J connectivity index is 1.37. The molecule has 8 nitrogen and oxygen atoms in total. The summed E-state index contributed by atoms with van der Waals surface area (Å²) < 4.78 is 13.0. The van der Waals surface area contributed by atoms with Gasteiger partial charge >= 0.3 is 6.09 Å². The molecule has 1 N–H and O–H groups in total. The number of nitrogens with zero attached hydrogens (tertiary/aromatic N) is 3. The third-order valence-electron chi connectivity index (χ3n) is 6.60. The van der Waals surface area contributed by atoms with E-state index in [-0.39, 0.29) is 12.2 Å². The van der Waals surface area contributed by atoms with Gasteiger partial charge in [0.25, 0.3) is 0 Å². The molecule has 204 valence electrons. The maximum atomic E-state index is 13.6. The highest BCUT2D eigenvalue weighted by Crippen LogP contribution is 2.30. The Labute approximate surface area is 232 Å². The van der Waals surface area contributed by atoms with E-state index >= 15 is 0 Å². The van der Waals surface area contributed by atoms with Crippen molar-refractivity contribution in [3.05, 3.63) is 71.4 Å². The van der Waals surface area contributed by atoms with Crippen LogP contribution in [0.4, 0.5) is 10.5 Å². The molecule has 5 rings (SSSR count). The van der Waals surface area contributed by atoms with E-state index in [4.69, 9.17) is 9.47 Å². The zero-order valence-electron chi connectivity index (χ0n) is 22.6. The standard InChI is InChI=1S/C30H34N4O4S/c1-30(2,3)38-29(36)32-24-8-7-22(28-5-4-16-39-28)17-23(24)19-27(35)21-6-9-25-26(18-21)34(20-31-25)11-10-33-12-14-37-15-13-33/h4-9,16-18,20H,10-15,19H2,1-3H3,(H,32,36). The summed E-state index contributed by atoms with van der Waals surface area (Å²) in [5.41, 5.74) is 4.08. The van der Waals surface area contributed by atoms with Crippen LogP contribution in [0, 0.1) is 0 Å². The van der Waals surface area contributed by atoms with Gasteiger partial charge in [0.15, 0.2) is 5.78 Å². The number of nitrogens with one attached hydrogen (secondary N) is 1. The summed E-state index contributed by atoms with van der Waals surface area (Å²) in [6, 6.07) is 15.4. The number of amides is 1. The Morgan fingerprint density at radius 3 is 2.64 bits per heavy atom. The fraction of sp³-hybridized carbons (Fsp3) is 0.367. The number of aromatic nitrogens is 2. The lowest BCUT2D eigenvalue weighted by Crippen LogP contribution is -2.38. The number of ether oxygens (including phenoxy) is 2. The van der Waals surface area contributed by atoms with E-state index in [1.54, 1.807) is 11.3 Å². The first-order chi connectivity index (χ1) is 18.7. The summed E-state index contributed by atoms with van der Waals surface area (Å²) in [6.07, 6.45) is 1.43. The van der Waals surface area contributed by atoms with E-state index in [9.17, 15) is 9.59 Å². The van der Waals surface area contributed by atoms with Gasteiger partial charge in [-0.25, -0.2) is 9.78 Å². The summed E-state index contributed by atoms with van der Waals surface area (Å²) >= 11 is 1.63. The highest BCUT2D eigenvalue weighted by atomic mass is 32.1. The fourth-order valence-corrected chi connectivity index (χ4v) is 5.35. The van der Waals surface area contributed by atoms with Crippen LogP contribution in [0.2, 0.25) is 0 Å². The average molecular weight is 547 g/mol. The number of carbonyl (C=O) groups excluding carboxylic acids is 2. The largest absolute Gasteiger partial charge is 0.444 e. The van der Waals surface area contributed by atoms with Gasteiger partial charge in [-0.1, -0.05) is 12.1 Å². The predicted molar refractivity (Wildman–Crippen MR) is 155 cm³/mol. The van der Waals surface area contributed by atoms with Crippen molar-refractivity contribution >= 4 is 39.9 Å². The fourth-order valence-electron chi connectivity index (χ4n) is 4.63. The molecule has 39 heavy (non-hydrogen) atoms. The molecule has 2 aromatic heterocycles. The predicted octanol–water partition coefficient (Wildman–Crippen LogP) is 5.87. The number of thiophene rings is 1. The van der Waals surface area contributed by atoms with E-state index < -0.39 is 11.7 Å². The van der Waals surface area contributed by atoms with Crippen molar-refractivity contribution in [2.24, 2.45) is 0 Å². The summed E-state index contributed by atoms with van der Waals surface area (Å²) in [5, 5.41) is 4.86. The van der Waals surface area contributed by atoms with Crippen LogP contribution in [0.3, 0.4) is 0 Å². The maximum Gasteiger partial charge on any atom is 0.412 e. The number of imidazole rings is 1. The van der Waals surface area contributed by atoms with Gasteiger partial charge in [0.2, 0.25) is 0 Å². The molecule has 1 aliphatic rings. The molecular weight excluding hydrogens is 512 g/mol. The number of anilines is 1. The summed E-state index contributed by atoms with van der Waals surface area (Å²) in [4.78, 5) is 34.1. The molecule has 4 aromatic rings. The molecule has 1 saturated heterocycles. The average Bonchev–Trinajstić information content (AvgIpc) is 3.58. The van der Waals surface area contributed by atoms with Crippen LogP contribution in [0.1, 0.15) is 36.7 Å². The van der Waals surface area contributed by atoms with Crippen molar-refractivity contribution < 1.29 is 19.1 Å². The molecule has 0 unspecified atom stereocenters. The zero-order chi connectivity index (χ0) is 27.4. The van der Waals surface area contributed by atoms with Crippen LogP contribution in [0.15, 0.2) is 60.2 Å². The number of carbonyl (C=O) groups is 2. The molecule has 0 radical (unpaired) electrons. The Kier molecular flexibility index (Phi) is 8.11. The molecule has 0 bridgehead atoms. The van der Waals surface area contributed by atoms with Gasteiger partial charge < -0.3 is 14.0 Å². The number of ketones is 1. The number of hydrogen-bond donors (Lipinski definition) is 1. The maximum absolute atomic E-state index is 13.6. The molecule has 0 saturated carbocycles. The first-order valence-electron chi connectivity index (χ1n) is 13.2. The zero-order valence-corrected chi connectivity index (χ0v) is 23.4. The first-order valence-corrected chi connectivity index (χ1v) is 14.1. The first kappa shape index (κ1) is 27.1. The Bertz CT molecular complexity index is 1450. The van der Waals surface area contributed by atoms with Crippen LogP contribution < -0.4 is 5.32 Å². The van der Waals surface area contributed by atoms with Gasteiger partial charge in [0, 0.05) is 48.7 Å². The normalized spacial score (nSPS) is 14.4. The third kappa shape index (κ3) is 6.92. The van der Waals surface area contributed by atoms with Gasteiger partial charge in [0.05, 0.1) is 30.6 Å². The SMILES string of the molecule is CC(C)(C)OC(=O)Nc1ccc(-c2cccs2)cc1CC(=O)c1ccc2ncn(CCN3CCOCC3)c2c1. The quantitative estimate of drug-likeness (QED) is 0.278. The molecule has 1 fully saturated rings. The van der Waals surface area contributed by atoms with Crippen molar-refractivity contribution in [2.45, 2.75) is 39.3 Å². The minimum Gasteiger partial charge on any atom is -0.444 e. The minimum absolute atomic E-state index is 0.0339. The lowest BCUT2D eigenvalue weighted by Gasteiger charge is -2.26. The van der Waals surface area contributed by atoms with Gasteiger partial charge in [-0.2, -0.15) is 0 Å². The summed E-state index contributed by atoms with van der Waals surface area (Å²) in [7, 11) is 0. The topological polar surface area (TPSA) is 85.7 Å². The van der Waals surface area contributed by atoms with Gasteiger partial charge in [0.1, 0.15) is 5.60 Å². The lowest BCUT2D eigenvalue weighted by atomic mass is 9.99. The van der Waals surface area contributed by atoms with Crippen molar-refractivity contribution in [2.75, 3.05) is 38.2 Å². The Morgan fingerprint density at radius 2 is 1.90 bits per heavy atom. The second-order valence-corrected chi connectivity index (χ2v) is 11.6.